The molecule has 2 aliphatic heterocycles. The minimum Gasteiger partial charge on any atom is -0.348 e. The van der Waals surface area contributed by atoms with Gasteiger partial charge in [0.25, 0.3) is 10.1 Å². The van der Waals surface area contributed by atoms with Gasteiger partial charge in [0, 0.05) is 0 Å². The number of ether oxygens (including phenoxy) is 4. The zero-order valence-corrected chi connectivity index (χ0v) is 23.3. The molecule has 0 aromatic carbocycles. The van der Waals surface area contributed by atoms with E-state index < -0.39 is 40.0 Å². The standard InChI is InChI=1S/C26H50O7S/c1-7-8-9-10-11-12-13-14-15-16-17-18-19-21-23(32-26(4,5)30-21)24(33-34(6,27)28)22-20-29-25(2,3)31-22/h21-24H,7-20H2,1-6H3/t21-,22-,23-,24-/m0/s1. The summed E-state index contributed by atoms with van der Waals surface area (Å²) in [5.41, 5.74) is 0. The van der Waals surface area contributed by atoms with E-state index in [0.29, 0.717) is 0 Å². The summed E-state index contributed by atoms with van der Waals surface area (Å²) in [4.78, 5) is 0. The summed E-state index contributed by atoms with van der Waals surface area (Å²) in [6, 6.07) is 0. The van der Waals surface area contributed by atoms with Gasteiger partial charge < -0.3 is 18.9 Å². The maximum absolute atomic E-state index is 12.0. The average molecular weight is 507 g/mol. The van der Waals surface area contributed by atoms with Crippen LogP contribution in [0.3, 0.4) is 0 Å². The summed E-state index contributed by atoms with van der Waals surface area (Å²) in [6.07, 6.45) is 15.2. The van der Waals surface area contributed by atoms with Crippen molar-refractivity contribution in [3.05, 3.63) is 0 Å². The van der Waals surface area contributed by atoms with Gasteiger partial charge in [0.05, 0.1) is 19.0 Å². The van der Waals surface area contributed by atoms with Crippen LogP contribution in [0.5, 0.6) is 0 Å². The maximum Gasteiger partial charge on any atom is 0.264 e. The summed E-state index contributed by atoms with van der Waals surface area (Å²) in [5, 5.41) is 0. The largest absolute Gasteiger partial charge is 0.348 e. The molecule has 0 aromatic heterocycles. The fraction of sp³-hybridized carbons (Fsp3) is 1.00. The third-order valence-corrected chi connectivity index (χ3v) is 7.14. The van der Waals surface area contributed by atoms with Crippen LogP contribution in [0.25, 0.3) is 0 Å². The molecule has 202 valence electrons. The second-order valence-corrected chi connectivity index (χ2v) is 12.5. The van der Waals surface area contributed by atoms with Crippen LogP contribution in [0.15, 0.2) is 0 Å². The molecule has 0 aliphatic carbocycles. The molecule has 0 radical (unpaired) electrons. The third-order valence-electron chi connectivity index (χ3n) is 6.57. The van der Waals surface area contributed by atoms with Gasteiger partial charge in [-0.1, -0.05) is 84.0 Å². The van der Waals surface area contributed by atoms with Crippen LogP contribution >= 0.6 is 0 Å². The van der Waals surface area contributed by atoms with Crippen LogP contribution in [0.2, 0.25) is 0 Å². The lowest BCUT2D eigenvalue weighted by Gasteiger charge is -2.30. The topological polar surface area (TPSA) is 80.3 Å². The zero-order valence-electron chi connectivity index (χ0n) is 22.5. The molecular formula is C26H50O7S. The van der Waals surface area contributed by atoms with Crippen LogP contribution in [0, 0.1) is 0 Å². The molecule has 8 heteroatoms. The van der Waals surface area contributed by atoms with Gasteiger partial charge in [-0.2, -0.15) is 8.42 Å². The maximum atomic E-state index is 12.0. The molecule has 2 fully saturated rings. The normalized spacial score (nSPS) is 27.3. The first kappa shape index (κ1) is 30.0. The molecule has 2 saturated heterocycles. The molecule has 0 saturated carbocycles. The van der Waals surface area contributed by atoms with Crippen LogP contribution in [-0.4, -0.2) is 57.3 Å². The molecule has 0 amide bonds. The first-order valence-corrected chi connectivity index (χ1v) is 15.3. The number of rotatable bonds is 17. The number of hydrogen-bond acceptors (Lipinski definition) is 7. The number of hydrogen-bond donors (Lipinski definition) is 0. The highest BCUT2D eigenvalue weighted by atomic mass is 32.2. The summed E-state index contributed by atoms with van der Waals surface area (Å²) in [7, 11) is -3.71. The van der Waals surface area contributed by atoms with Gasteiger partial charge in [0.2, 0.25) is 0 Å². The van der Waals surface area contributed by atoms with E-state index in [9.17, 15) is 8.42 Å². The zero-order chi connectivity index (χ0) is 25.2. The van der Waals surface area contributed by atoms with Crippen molar-refractivity contribution in [2.45, 2.75) is 154 Å². The molecule has 0 N–H and O–H groups in total. The quantitative estimate of drug-likeness (QED) is 0.174. The van der Waals surface area contributed by atoms with Gasteiger partial charge >= 0.3 is 0 Å². The van der Waals surface area contributed by atoms with Crippen LogP contribution < -0.4 is 0 Å². The van der Waals surface area contributed by atoms with Gasteiger partial charge in [-0.25, -0.2) is 0 Å². The first-order chi connectivity index (χ1) is 15.9. The van der Waals surface area contributed by atoms with E-state index in [0.717, 1.165) is 25.5 Å². The minimum atomic E-state index is -3.71. The molecule has 2 aliphatic rings. The summed E-state index contributed by atoms with van der Waals surface area (Å²) < 4.78 is 53.6. The Labute approximate surface area is 208 Å². The minimum absolute atomic E-state index is 0.249. The molecule has 4 atom stereocenters. The Balaban J connectivity index is 1.78. The van der Waals surface area contributed by atoms with E-state index in [1.54, 1.807) is 0 Å². The van der Waals surface area contributed by atoms with Gasteiger partial charge in [-0.3, -0.25) is 4.18 Å². The van der Waals surface area contributed by atoms with E-state index in [1.165, 1.54) is 64.2 Å². The second kappa shape index (κ2) is 13.9. The highest BCUT2D eigenvalue weighted by Crippen LogP contribution is 2.37. The van der Waals surface area contributed by atoms with Crippen molar-refractivity contribution in [3.8, 4) is 0 Å². The Kier molecular flexibility index (Phi) is 12.2. The molecule has 2 rings (SSSR count). The fourth-order valence-electron chi connectivity index (χ4n) is 4.96. The van der Waals surface area contributed by atoms with E-state index in [4.69, 9.17) is 23.1 Å². The first-order valence-electron chi connectivity index (χ1n) is 13.5. The lowest BCUT2D eigenvalue weighted by Crippen LogP contribution is -2.47. The third kappa shape index (κ3) is 11.2. The van der Waals surface area contributed by atoms with E-state index in [-0.39, 0.29) is 12.7 Å². The summed E-state index contributed by atoms with van der Waals surface area (Å²) in [5.74, 6) is -1.59. The van der Waals surface area contributed by atoms with Crippen molar-refractivity contribution in [3.63, 3.8) is 0 Å². The van der Waals surface area contributed by atoms with Crippen molar-refractivity contribution in [1.82, 2.24) is 0 Å². The lowest BCUT2D eigenvalue weighted by atomic mass is 9.98. The highest BCUT2D eigenvalue weighted by molar-refractivity contribution is 7.86. The van der Waals surface area contributed by atoms with Crippen LogP contribution in [-0.2, 0) is 33.2 Å². The van der Waals surface area contributed by atoms with Crippen molar-refractivity contribution < 1.29 is 31.5 Å². The molecular weight excluding hydrogens is 456 g/mol. The molecule has 0 unspecified atom stereocenters. The van der Waals surface area contributed by atoms with Crippen molar-refractivity contribution in [1.29, 1.82) is 0 Å². The molecule has 34 heavy (non-hydrogen) atoms. The summed E-state index contributed by atoms with van der Waals surface area (Å²) in [6.45, 7) is 9.84. The Bertz CT molecular complexity index is 677. The Morgan fingerprint density at radius 1 is 0.794 bits per heavy atom. The Morgan fingerprint density at radius 2 is 1.32 bits per heavy atom. The average Bonchev–Trinajstić information content (AvgIpc) is 3.24. The van der Waals surface area contributed by atoms with Gasteiger partial charge in [-0.05, 0) is 34.1 Å². The van der Waals surface area contributed by atoms with E-state index in [1.807, 2.05) is 27.7 Å². The van der Waals surface area contributed by atoms with Crippen LogP contribution in [0.1, 0.15) is 118 Å². The number of unbranched alkanes of at least 4 members (excludes halogenated alkanes) is 11. The molecule has 0 spiro atoms. The highest BCUT2D eigenvalue weighted by Gasteiger charge is 2.51. The van der Waals surface area contributed by atoms with Gasteiger partial charge in [0.15, 0.2) is 11.6 Å². The SMILES string of the molecule is CCCCCCCCCCCCCC[C@@H]1OC(C)(C)O[C@@H]1[C@@H](OS(C)(=O)=O)[C@@H]1COC(C)(C)O1. The lowest BCUT2D eigenvalue weighted by molar-refractivity contribution is -0.174. The molecule has 0 bridgehead atoms. The van der Waals surface area contributed by atoms with Gasteiger partial charge in [0.1, 0.15) is 18.3 Å². The van der Waals surface area contributed by atoms with Crippen molar-refractivity contribution >= 4 is 10.1 Å². The monoisotopic (exact) mass is 506 g/mol. The fourth-order valence-corrected chi connectivity index (χ4v) is 5.60. The Hall–Kier alpha value is -0.250. The Morgan fingerprint density at radius 3 is 1.79 bits per heavy atom. The van der Waals surface area contributed by atoms with Crippen molar-refractivity contribution in [2.75, 3.05) is 12.9 Å². The predicted molar refractivity (Wildman–Crippen MR) is 134 cm³/mol. The molecule has 2 heterocycles. The predicted octanol–water partition coefficient (Wildman–Crippen LogP) is 6.09. The second-order valence-electron chi connectivity index (χ2n) is 10.9. The van der Waals surface area contributed by atoms with Crippen LogP contribution in [0.4, 0.5) is 0 Å². The molecule has 0 aromatic rings. The van der Waals surface area contributed by atoms with Crippen molar-refractivity contribution in [2.24, 2.45) is 0 Å². The smallest absolute Gasteiger partial charge is 0.264 e. The van der Waals surface area contributed by atoms with Gasteiger partial charge in [-0.15, -0.1) is 0 Å². The van der Waals surface area contributed by atoms with E-state index in [2.05, 4.69) is 6.92 Å². The summed E-state index contributed by atoms with van der Waals surface area (Å²) >= 11 is 0. The molecule has 7 nitrogen and oxygen atoms in total. The van der Waals surface area contributed by atoms with E-state index >= 15 is 0 Å².